The van der Waals surface area contributed by atoms with Crippen LogP contribution in [0.5, 0.6) is 0 Å². The average Bonchev–Trinajstić information content (AvgIpc) is 2.76. The lowest BCUT2D eigenvalue weighted by molar-refractivity contribution is -0.642. The van der Waals surface area contributed by atoms with Gasteiger partial charge in [0.15, 0.2) is 0 Å². The zero-order chi connectivity index (χ0) is 13.2. The van der Waals surface area contributed by atoms with E-state index in [4.69, 9.17) is 11.6 Å². The molecule has 1 heterocycles. The van der Waals surface area contributed by atoms with E-state index in [-0.39, 0.29) is 24.0 Å². The Kier molecular flexibility index (Phi) is 5.18. The van der Waals surface area contributed by atoms with E-state index in [9.17, 15) is 0 Å². The molecular weight excluding hydrogens is 401 g/mol. The molecule has 0 amide bonds. The van der Waals surface area contributed by atoms with Crippen molar-refractivity contribution in [2.24, 2.45) is 7.05 Å². The summed E-state index contributed by atoms with van der Waals surface area (Å²) >= 11 is 7.68. The minimum absolute atomic E-state index is 0. The number of aromatic nitrogens is 1. The Morgan fingerprint density at radius 1 is 1.00 bits per heavy atom. The maximum Gasteiger partial charge on any atom is 0.262 e. The molecule has 0 fully saturated rings. The van der Waals surface area contributed by atoms with Gasteiger partial charge in [0.05, 0.1) is 0 Å². The summed E-state index contributed by atoms with van der Waals surface area (Å²) in [4.78, 5) is 0. The average molecular weight is 414 g/mol. The van der Waals surface area contributed by atoms with Gasteiger partial charge in [-0.1, -0.05) is 47.2 Å². The van der Waals surface area contributed by atoms with Crippen molar-refractivity contribution in [3.63, 3.8) is 0 Å². The maximum atomic E-state index is 5.88. The number of nitrogens with zero attached hydrogens (tertiary/aromatic N) is 1. The number of para-hydroxylation sites is 1. The molecule has 0 N–H and O–H groups in total. The van der Waals surface area contributed by atoms with Gasteiger partial charge in [0, 0.05) is 17.2 Å². The third kappa shape index (κ3) is 3.22. The Labute approximate surface area is 144 Å². The smallest absolute Gasteiger partial charge is 0.262 e. The quantitative estimate of drug-likeness (QED) is 0.443. The molecular formula is C16H13ClINS. The van der Waals surface area contributed by atoms with E-state index >= 15 is 0 Å². The fourth-order valence-electron chi connectivity index (χ4n) is 2.01. The molecule has 0 aliphatic rings. The Morgan fingerprint density at radius 3 is 2.40 bits per heavy atom. The second-order valence-electron chi connectivity index (χ2n) is 4.35. The van der Waals surface area contributed by atoms with Crippen molar-refractivity contribution in [1.29, 1.82) is 0 Å². The summed E-state index contributed by atoms with van der Waals surface area (Å²) in [6, 6.07) is 16.3. The van der Waals surface area contributed by atoms with Gasteiger partial charge in [-0.3, -0.25) is 0 Å². The fourth-order valence-corrected chi connectivity index (χ4v) is 3.19. The summed E-state index contributed by atoms with van der Waals surface area (Å²) in [7, 11) is 2.10. The standard InChI is InChI=1S/C16H13ClNS.HI/c1-18-14-4-2-3-5-15(14)19-16(18)11-8-12-6-9-13(17)10-7-12;/h2-11H,1H3;1H/q+1;/p-1. The molecule has 0 aliphatic heterocycles. The number of thiazole rings is 1. The van der Waals surface area contributed by atoms with Crippen LogP contribution in [0, 0.1) is 0 Å². The van der Waals surface area contributed by atoms with E-state index in [0.29, 0.717) is 0 Å². The molecule has 0 bridgehead atoms. The van der Waals surface area contributed by atoms with Gasteiger partial charge < -0.3 is 24.0 Å². The van der Waals surface area contributed by atoms with Gasteiger partial charge >= 0.3 is 0 Å². The molecule has 0 unspecified atom stereocenters. The number of benzene rings is 2. The third-order valence-electron chi connectivity index (χ3n) is 3.06. The van der Waals surface area contributed by atoms with Crippen molar-refractivity contribution in [2.45, 2.75) is 0 Å². The first kappa shape index (κ1) is 15.5. The SMILES string of the molecule is C[n+]1c(C=Cc2ccc(Cl)cc2)sc2ccccc21.[I-]. The van der Waals surface area contributed by atoms with Crippen molar-refractivity contribution >= 4 is 45.3 Å². The highest BCUT2D eigenvalue weighted by atomic mass is 127. The van der Waals surface area contributed by atoms with Gasteiger partial charge in [0.25, 0.3) is 5.01 Å². The van der Waals surface area contributed by atoms with Gasteiger partial charge in [-0.05, 0) is 29.8 Å². The molecule has 1 aromatic heterocycles. The van der Waals surface area contributed by atoms with Crippen LogP contribution < -0.4 is 28.5 Å². The number of rotatable bonds is 2. The van der Waals surface area contributed by atoms with Gasteiger partial charge in [0.2, 0.25) is 5.52 Å². The van der Waals surface area contributed by atoms with Gasteiger partial charge in [-0.25, -0.2) is 0 Å². The zero-order valence-corrected chi connectivity index (χ0v) is 14.6. The number of halogens is 2. The summed E-state index contributed by atoms with van der Waals surface area (Å²) in [5.74, 6) is 0. The lowest BCUT2D eigenvalue weighted by Gasteiger charge is -1.92. The fraction of sp³-hybridized carbons (Fsp3) is 0.0625. The first-order chi connectivity index (χ1) is 9.24. The van der Waals surface area contributed by atoms with Crippen LogP contribution in [0.1, 0.15) is 10.6 Å². The van der Waals surface area contributed by atoms with Crippen LogP contribution in [0.2, 0.25) is 5.02 Å². The molecule has 3 rings (SSSR count). The van der Waals surface area contributed by atoms with Crippen molar-refractivity contribution in [2.75, 3.05) is 0 Å². The Balaban J connectivity index is 0.00000147. The second kappa shape index (κ2) is 6.70. The lowest BCUT2D eigenvalue weighted by Crippen LogP contribution is -3.00. The second-order valence-corrected chi connectivity index (χ2v) is 5.85. The number of hydrogen-bond donors (Lipinski definition) is 0. The highest BCUT2D eigenvalue weighted by Crippen LogP contribution is 2.21. The van der Waals surface area contributed by atoms with Gasteiger partial charge in [0.1, 0.15) is 11.7 Å². The molecule has 2 aromatic carbocycles. The van der Waals surface area contributed by atoms with Crippen LogP contribution in [0.25, 0.3) is 22.4 Å². The van der Waals surface area contributed by atoms with E-state index in [1.54, 1.807) is 11.3 Å². The Hall–Kier alpha value is -0.910. The first-order valence-corrected chi connectivity index (χ1v) is 7.25. The predicted octanol–water partition coefficient (Wildman–Crippen LogP) is 1.55. The van der Waals surface area contributed by atoms with Crippen LogP contribution >= 0.6 is 22.9 Å². The molecule has 3 aromatic rings. The number of fused-ring (bicyclic) bond motifs is 1. The topological polar surface area (TPSA) is 3.88 Å². The van der Waals surface area contributed by atoms with E-state index in [0.717, 1.165) is 10.6 Å². The van der Waals surface area contributed by atoms with Crippen molar-refractivity contribution < 1.29 is 28.5 Å². The van der Waals surface area contributed by atoms with Crippen molar-refractivity contribution in [3.05, 3.63) is 64.1 Å². The van der Waals surface area contributed by atoms with Crippen molar-refractivity contribution in [3.8, 4) is 0 Å². The Morgan fingerprint density at radius 2 is 1.70 bits per heavy atom. The molecule has 0 spiro atoms. The minimum Gasteiger partial charge on any atom is -1.00 e. The molecule has 0 aliphatic carbocycles. The van der Waals surface area contributed by atoms with E-state index in [2.05, 4.69) is 48.0 Å². The third-order valence-corrected chi connectivity index (χ3v) is 4.50. The number of aryl methyl sites for hydroxylation is 1. The Bertz CT molecular complexity index is 747. The summed E-state index contributed by atoms with van der Waals surface area (Å²) in [6.45, 7) is 0. The summed E-state index contributed by atoms with van der Waals surface area (Å²) in [5, 5.41) is 2.00. The normalized spacial score (nSPS) is 10.9. The maximum absolute atomic E-state index is 5.88. The van der Waals surface area contributed by atoms with E-state index in [1.165, 1.54) is 15.2 Å². The van der Waals surface area contributed by atoms with Crippen LogP contribution in [0.3, 0.4) is 0 Å². The molecule has 0 atom stereocenters. The molecule has 0 radical (unpaired) electrons. The minimum atomic E-state index is 0. The lowest BCUT2D eigenvalue weighted by atomic mass is 10.2. The van der Waals surface area contributed by atoms with Crippen LogP contribution in [0.4, 0.5) is 0 Å². The summed E-state index contributed by atoms with van der Waals surface area (Å²) < 4.78 is 3.52. The molecule has 1 nitrogen and oxygen atoms in total. The number of hydrogen-bond acceptors (Lipinski definition) is 1. The van der Waals surface area contributed by atoms with Gasteiger partial charge in [-0.15, -0.1) is 0 Å². The summed E-state index contributed by atoms with van der Waals surface area (Å²) in [6.07, 6.45) is 4.26. The summed E-state index contributed by atoms with van der Waals surface area (Å²) in [5.41, 5.74) is 2.42. The van der Waals surface area contributed by atoms with Crippen LogP contribution in [-0.2, 0) is 7.05 Å². The first-order valence-electron chi connectivity index (χ1n) is 6.05. The molecule has 0 saturated carbocycles. The molecule has 20 heavy (non-hydrogen) atoms. The molecule has 0 saturated heterocycles. The predicted molar refractivity (Wildman–Crippen MR) is 83.4 cm³/mol. The van der Waals surface area contributed by atoms with E-state index < -0.39 is 0 Å². The van der Waals surface area contributed by atoms with Crippen LogP contribution in [-0.4, -0.2) is 0 Å². The monoisotopic (exact) mass is 413 g/mol. The highest BCUT2D eigenvalue weighted by molar-refractivity contribution is 7.18. The van der Waals surface area contributed by atoms with Crippen LogP contribution in [0.15, 0.2) is 48.5 Å². The highest BCUT2D eigenvalue weighted by Gasteiger charge is 2.12. The molecule has 4 heteroatoms. The van der Waals surface area contributed by atoms with Gasteiger partial charge in [-0.2, -0.15) is 4.57 Å². The largest absolute Gasteiger partial charge is 1.00 e. The molecule has 102 valence electrons. The zero-order valence-electron chi connectivity index (χ0n) is 10.9. The van der Waals surface area contributed by atoms with E-state index in [1.807, 2.05) is 24.3 Å². The van der Waals surface area contributed by atoms with Crippen molar-refractivity contribution in [1.82, 2.24) is 0 Å².